The van der Waals surface area contributed by atoms with Crippen molar-refractivity contribution in [1.29, 1.82) is 0 Å². The molecule has 1 N–H and O–H groups in total. The monoisotopic (exact) mass is 326 g/mol. The number of nitrogens with zero attached hydrogens (tertiary/aromatic N) is 3. The van der Waals surface area contributed by atoms with Crippen LogP contribution in [0.25, 0.3) is 0 Å². The molecule has 4 rings (SSSR count). The van der Waals surface area contributed by atoms with Gasteiger partial charge in [-0.05, 0) is 38.3 Å². The summed E-state index contributed by atoms with van der Waals surface area (Å²) in [5.74, 6) is 1.26. The lowest BCUT2D eigenvalue weighted by molar-refractivity contribution is 0.211. The van der Waals surface area contributed by atoms with E-state index in [1.165, 1.54) is 11.3 Å². The second kappa shape index (κ2) is 5.85. The first-order chi connectivity index (χ1) is 11.6. The Hall–Kier alpha value is -2.50. The lowest BCUT2D eigenvalue weighted by atomic mass is 10.1. The van der Waals surface area contributed by atoms with Gasteiger partial charge >= 0.3 is 6.03 Å². The third kappa shape index (κ3) is 2.52. The molecule has 1 aromatic carbocycles. The summed E-state index contributed by atoms with van der Waals surface area (Å²) < 4.78 is 5.13. The van der Waals surface area contributed by atoms with Crippen molar-refractivity contribution in [3.63, 3.8) is 0 Å². The molecule has 2 aromatic rings. The second-order valence-electron chi connectivity index (χ2n) is 6.62. The Morgan fingerprint density at radius 2 is 2.12 bits per heavy atom. The summed E-state index contributed by atoms with van der Waals surface area (Å²) in [6, 6.07) is 8.82. The Morgan fingerprint density at radius 3 is 2.92 bits per heavy atom. The minimum Gasteiger partial charge on any atom is -0.366 e. The van der Waals surface area contributed by atoms with Crippen LogP contribution in [0.2, 0.25) is 0 Å². The van der Waals surface area contributed by atoms with Crippen LogP contribution in [0.4, 0.5) is 16.3 Å². The normalized spacial score (nSPS) is 19.7. The van der Waals surface area contributed by atoms with Crippen LogP contribution < -0.4 is 10.2 Å². The minimum absolute atomic E-state index is 0.0933. The van der Waals surface area contributed by atoms with E-state index in [1.807, 2.05) is 18.7 Å². The van der Waals surface area contributed by atoms with E-state index >= 15 is 0 Å². The van der Waals surface area contributed by atoms with Gasteiger partial charge in [0.05, 0.1) is 6.04 Å². The minimum atomic E-state index is -0.0933. The van der Waals surface area contributed by atoms with Gasteiger partial charge in [0.1, 0.15) is 5.76 Å². The molecule has 24 heavy (non-hydrogen) atoms. The highest BCUT2D eigenvalue weighted by Gasteiger charge is 2.33. The molecule has 2 aliphatic rings. The molecule has 3 heterocycles. The first kappa shape index (κ1) is 15.1. The maximum Gasteiger partial charge on any atom is 0.323 e. The van der Waals surface area contributed by atoms with Crippen LogP contribution >= 0.6 is 0 Å². The summed E-state index contributed by atoms with van der Waals surface area (Å²) in [6.07, 6.45) is 1.97. The first-order valence-electron chi connectivity index (χ1n) is 8.47. The largest absolute Gasteiger partial charge is 0.366 e. The van der Waals surface area contributed by atoms with Gasteiger partial charge in [-0.25, -0.2) is 4.79 Å². The van der Waals surface area contributed by atoms with Crippen LogP contribution in [0, 0.1) is 13.8 Å². The molecule has 1 fully saturated rings. The molecule has 6 heteroatoms. The van der Waals surface area contributed by atoms with Crippen molar-refractivity contribution in [2.45, 2.75) is 32.7 Å². The highest BCUT2D eigenvalue weighted by atomic mass is 16.5. The van der Waals surface area contributed by atoms with E-state index in [1.54, 1.807) is 0 Å². The number of nitrogens with one attached hydrogen (secondary N) is 1. The molecule has 2 aliphatic heterocycles. The average molecular weight is 326 g/mol. The van der Waals surface area contributed by atoms with Crippen LogP contribution in [-0.2, 0) is 6.42 Å². The predicted octanol–water partition coefficient (Wildman–Crippen LogP) is 2.96. The Morgan fingerprint density at radius 1 is 1.29 bits per heavy atom. The molecule has 1 atom stereocenters. The molecule has 6 nitrogen and oxygen atoms in total. The van der Waals surface area contributed by atoms with Gasteiger partial charge in [0, 0.05) is 30.9 Å². The van der Waals surface area contributed by atoms with Crippen molar-refractivity contribution in [3.05, 3.63) is 41.2 Å². The third-order valence-corrected chi connectivity index (χ3v) is 5.13. The van der Waals surface area contributed by atoms with Gasteiger partial charge in [-0.15, -0.1) is 0 Å². The van der Waals surface area contributed by atoms with Crippen LogP contribution in [0.1, 0.15) is 23.3 Å². The van der Waals surface area contributed by atoms with Crippen molar-refractivity contribution in [1.82, 2.24) is 10.1 Å². The smallest absolute Gasteiger partial charge is 0.323 e. The van der Waals surface area contributed by atoms with Gasteiger partial charge < -0.3 is 14.3 Å². The van der Waals surface area contributed by atoms with E-state index in [0.29, 0.717) is 11.9 Å². The summed E-state index contributed by atoms with van der Waals surface area (Å²) in [6.45, 7) is 6.23. The van der Waals surface area contributed by atoms with Crippen LogP contribution in [0.15, 0.2) is 28.8 Å². The molecule has 0 aliphatic carbocycles. The highest BCUT2D eigenvalue weighted by molar-refractivity contribution is 5.89. The fourth-order valence-electron chi connectivity index (χ4n) is 3.67. The van der Waals surface area contributed by atoms with Crippen molar-refractivity contribution in [2.24, 2.45) is 0 Å². The van der Waals surface area contributed by atoms with Crippen molar-refractivity contribution >= 4 is 17.5 Å². The van der Waals surface area contributed by atoms with Crippen LogP contribution in [0.3, 0.4) is 0 Å². The van der Waals surface area contributed by atoms with Gasteiger partial charge in [-0.1, -0.05) is 23.4 Å². The van der Waals surface area contributed by atoms with Gasteiger partial charge in [0.15, 0.2) is 5.82 Å². The van der Waals surface area contributed by atoms with E-state index in [4.69, 9.17) is 4.52 Å². The highest BCUT2D eigenvalue weighted by Crippen LogP contribution is 2.33. The topological polar surface area (TPSA) is 61.6 Å². The summed E-state index contributed by atoms with van der Waals surface area (Å²) >= 11 is 0. The fraction of sp³-hybridized carbons (Fsp3) is 0.444. The van der Waals surface area contributed by atoms with E-state index in [2.05, 4.69) is 39.6 Å². The third-order valence-electron chi connectivity index (χ3n) is 5.13. The molecule has 0 bridgehead atoms. The molecule has 0 saturated carbocycles. The number of carbonyl (C=O) groups excluding carboxylic acids is 1. The zero-order valence-corrected chi connectivity index (χ0v) is 14.1. The van der Waals surface area contributed by atoms with Crippen molar-refractivity contribution < 1.29 is 9.32 Å². The van der Waals surface area contributed by atoms with Gasteiger partial charge in [0.25, 0.3) is 0 Å². The molecule has 1 unspecified atom stereocenters. The Labute approximate surface area is 141 Å². The number of carbonyl (C=O) groups is 1. The summed E-state index contributed by atoms with van der Waals surface area (Å²) in [5, 5.41) is 6.82. The van der Waals surface area contributed by atoms with Crippen molar-refractivity contribution in [2.75, 3.05) is 29.9 Å². The number of aromatic nitrogens is 1. The molecule has 1 saturated heterocycles. The number of aryl methyl sites for hydroxylation is 1. The molecular formula is C18H22N4O2. The lowest BCUT2D eigenvalue weighted by Gasteiger charge is -2.27. The number of benzene rings is 1. The number of para-hydroxylation sites is 1. The zero-order valence-electron chi connectivity index (χ0n) is 14.1. The number of hydrogen-bond acceptors (Lipinski definition) is 4. The summed E-state index contributed by atoms with van der Waals surface area (Å²) in [4.78, 5) is 17.0. The van der Waals surface area contributed by atoms with Gasteiger partial charge in [0.2, 0.25) is 0 Å². The molecule has 1 aromatic heterocycles. The van der Waals surface area contributed by atoms with Crippen LogP contribution in [0.5, 0.6) is 0 Å². The Bertz CT molecular complexity index is 770. The van der Waals surface area contributed by atoms with Crippen molar-refractivity contribution in [3.8, 4) is 0 Å². The lowest BCUT2D eigenvalue weighted by Crippen LogP contribution is -2.43. The summed E-state index contributed by atoms with van der Waals surface area (Å²) in [7, 11) is 0. The Kier molecular flexibility index (Phi) is 3.67. The number of rotatable bonds is 1. The standard InChI is InChI=1S/C18H22N4O2/c1-12-13(2)24-20-17(12)19-18(23)21-8-5-9-22-15(11-21)10-14-6-3-4-7-16(14)22/h3-4,6-7,15H,5,8-11H2,1-2H3,(H,19,20,23). The molecule has 0 spiro atoms. The maximum atomic E-state index is 12.7. The van der Waals surface area contributed by atoms with E-state index in [-0.39, 0.29) is 6.03 Å². The van der Waals surface area contributed by atoms with E-state index in [9.17, 15) is 4.79 Å². The van der Waals surface area contributed by atoms with E-state index < -0.39 is 0 Å². The number of urea groups is 1. The number of hydrogen-bond donors (Lipinski definition) is 1. The SMILES string of the molecule is Cc1onc(NC(=O)N2CCCN3c4ccccc4CC3C2)c1C. The summed E-state index contributed by atoms with van der Waals surface area (Å²) in [5.41, 5.74) is 3.59. The number of fused-ring (bicyclic) bond motifs is 3. The van der Waals surface area contributed by atoms with Crippen LogP contribution in [-0.4, -0.2) is 41.8 Å². The van der Waals surface area contributed by atoms with E-state index in [0.717, 1.165) is 43.8 Å². The average Bonchev–Trinajstić information content (AvgIpc) is 2.99. The molecule has 126 valence electrons. The fourth-order valence-corrected chi connectivity index (χ4v) is 3.67. The molecule has 2 amide bonds. The molecular weight excluding hydrogens is 304 g/mol. The number of anilines is 2. The predicted molar refractivity (Wildman–Crippen MR) is 92.5 cm³/mol. The second-order valence-corrected chi connectivity index (χ2v) is 6.62. The number of amides is 2. The van der Waals surface area contributed by atoms with Gasteiger partial charge in [-0.3, -0.25) is 5.32 Å². The molecule has 0 radical (unpaired) electrons. The maximum absolute atomic E-state index is 12.7. The Balaban J connectivity index is 1.48. The first-order valence-corrected chi connectivity index (χ1v) is 8.47. The van der Waals surface area contributed by atoms with Gasteiger partial charge in [-0.2, -0.15) is 0 Å². The quantitative estimate of drug-likeness (QED) is 0.875. The zero-order chi connectivity index (χ0) is 16.7.